The van der Waals surface area contributed by atoms with E-state index in [1.165, 1.54) is 4.80 Å². The summed E-state index contributed by atoms with van der Waals surface area (Å²) in [6.45, 7) is 0. The summed E-state index contributed by atoms with van der Waals surface area (Å²) in [6, 6.07) is 38.0. The lowest BCUT2D eigenvalue weighted by molar-refractivity contribution is 0.669. The summed E-state index contributed by atoms with van der Waals surface area (Å²) >= 11 is 0. The molecule has 0 unspecified atom stereocenters. The summed E-state index contributed by atoms with van der Waals surface area (Å²) in [5, 5.41) is 15.3. The van der Waals surface area contributed by atoms with Crippen molar-refractivity contribution in [3.8, 4) is 39.9 Å². The van der Waals surface area contributed by atoms with Crippen LogP contribution in [0.5, 0.6) is 0 Å². The molecule has 3 aromatic heterocycles. The van der Waals surface area contributed by atoms with Crippen molar-refractivity contribution in [1.82, 2.24) is 29.9 Å². The Morgan fingerprint density at radius 1 is 0.472 bits per heavy atom. The Morgan fingerprint density at radius 3 is 1.92 bits per heavy atom. The quantitative estimate of drug-likeness (QED) is 0.210. The van der Waals surface area contributed by atoms with E-state index in [0.717, 1.165) is 60.2 Å². The maximum Gasteiger partial charge on any atom is 0.164 e. The zero-order valence-corrected chi connectivity index (χ0v) is 27.9. The zero-order chi connectivity index (χ0) is 36.0. The fourth-order valence-electron chi connectivity index (χ4n) is 7.11. The van der Waals surface area contributed by atoms with E-state index < -0.39 is 0 Å². The first-order chi connectivity index (χ1) is 25.8. The minimum absolute atomic E-state index is 0.121. The maximum absolute atomic E-state index is 6.39. The van der Waals surface area contributed by atoms with Crippen LogP contribution in [0.1, 0.15) is 0 Å². The van der Waals surface area contributed by atoms with E-state index >= 15 is 0 Å². The van der Waals surface area contributed by atoms with Gasteiger partial charge in [-0.05, 0) is 40.4 Å². The van der Waals surface area contributed by atoms with Gasteiger partial charge in [0.1, 0.15) is 61.4 Å². The molecule has 10 aromatic rings. The van der Waals surface area contributed by atoms with E-state index in [1.807, 2.05) is 84.9 Å². The molecule has 0 fully saturated rings. The van der Waals surface area contributed by atoms with Crippen molar-refractivity contribution in [1.29, 1.82) is 0 Å². The van der Waals surface area contributed by atoms with Crippen LogP contribution in [-0.4, -0.2) is 69.2 Å². The normalized spacial score (nSPS) is 11.8. The first-order valence-electron chi connectivity index (χ1n) is 16.8. The number of benzene rings is 7. The summed E-state index contributed by atoms with van der Waals surface area (Å²) in [4.78, 5) is 16.5. The predicted molar refractivity (Wildman–Crippen MR) is 218 cm³/mol. The predicted octanol–water partition coefficient (Wildman–Crippen LogP) is 3.78. The van der Waals surface area contributed by atoms with E-state index in [0.29, 0.717) is 28.5 Å². The number of fused-ring (bicyclic) bond motifs is 8. The third-order valence-electron chi connectivity index (χ3n) is 9.79. The summed E-state index contributed by atoms with van der Waals surface area (Å²) in [5.74, 6) is 1.60. The molecule has 0 saturated heterocycles. The number of furan rings is 1. The smallest absolute Gasteiger partial charge is 0.164 e. The molecule has 53 heavy (non-hydrogen) atoms. The van der Waals surface area contributed by atoms with Crippen LogP contribution in [0.15, 0.2) is 120 Å². The molecular formula is C41H19B5N6O. The second-order valence-electron chi connectivity index (χ2n) is 12.9. The molecule has 3 heterocycles. The second-order valence-corrected chi connectivity index (χ2v) is 12.9. The maximum atomic E-state index is 6.39. The monoisotopic (exact) mass is 666 g/mol. The molecule has 0 atom stereocenters. The Balaban J connectivity index is 1.21. The van der Waals surface area contributed by atoms with Gasteiger partial charge in [0.2, 0.25) is 0 Å². The SMILES string of the molecule is [B]c1c([B])c([B])c(-n2nc3ccc4ccc5ccc(-c6nc(-c7ccccc7)nc(-c7cccc8oc9ccccc9c78)n6)cc5c4c3n2)c([B])c1[B]. The molecule has 12 heteroatoms. The zero-order valence-electron chi connectivity index (χ0n) is 27.9. The van der Waals surface area contributed by atoms with Crippen molar-refractivity contribution >= 4 is 121 Å². The number of nitrogens with zero attached hydrogens (tertiary/aromatic N) is 6. The average Bonchev–Trinajstić information content (AvgIpc) is 3.81. The van der Waals surface area contributed by atoms with Crippen molar-refractivity contribution in [3.05, 3.63) is 115 Å². The van der Waals surface area contributed by atoms with E-state index in [4.69, 9.17) is 68.8 Å². The highest BCUT2D eigenvalue weighted by Crippen LogP contribution is 2.37. The molecule has 0 N–H and O–H groups in total. The molecule has 10 rings (SSSR count). The molecule has 0 amide bonds. The van der Waals surface area contributed by atoms with Gasteiger partial charge in [-0.15, -0.1) is 26.6 Å². The van der Waals surface area contributed by atoms with Crippen molar-refractivity contribution < 1.29 is 4.42 Å². The second kappa shape index (κ2) is 11.8. The molecule has 234 valence electrons. The fourth-order valence-corrected chi connectivity index (χ4v) is 7.11. The van der Waals surface area contributed by atoms with E-state index in [2.05, 4.69) is 30.3 Å². The van der Waals surface area contributed by atoms with Gasteiger partial charge in [0.25, 0.3) is 0 Å². The highest BCUT2D eigenvalue weighted by Gasteiger charge is 2.20. The largest absolute Gasteiger partial charge is 0.456 e. The van der Waals surface area contributed by atoms with Crippen LogP contribution in [-0.2, 0) is 0 Å². The summed E-state index contributed by atoms with van der Waals surface area (Å²) in [7, 11) is 31.2. The first kappa shape index (κ1) is 31.3. The Morgan fingerprint density at radius 2 is 1.11 bits per heavy atom. The number of para-hydroxylation sites is 1. The van der Waals surface area contributed by atoms with Crippen LogP contribution in [0, 0.1) is 0 Å². The summed E-state index contributed by atoms with van der Waals surface area (Å²) in [6.07, 6.45) is 0. The Labute approximate surface area is 309 Å². The van der Waals surface area contributed by atoms with Crippen molar-refractivity contribution in [2.24, 2.45) is 0 Å². The third kappa shape index (κ3) is 4.86. The van der Waals surface area contributed by atoms with Gasteiger partial charge < -0.3 is 4.42 Å². The van der Waals surface area contributed by atoms with Crippen LogP contribution >= 0.6 is 0 Å². The highest BCUT2D eigenvalue weighted by molar-refractivity contribution is 6.68. The van der Waals surface area contributed by atoms with Crippen LogP contribution in [0.25, 0.3) is 94.4 Å². The number of hydrogen-bond acceptors (Lipinski definition) is 6. The molecule has 0 bridgehead atoms. The van der Waals surface area contributed by atoms with Gasteiger partial charge in [0.15, 0.2) is 17.5 Å². The van der Waals surface area contributed by atoms with Crippen LogP contribution in [0.3, 0.4) is 0 Å². The molecule has 0 aliphatic carbocycles. The number of rotatable bonds is 4. The van der Waals surface area contributed by atoms with E-state index in [1.54, 1.807) is 0 Å². The van der Waals surface area contributed by atoms with Gasteiger partial charge in [-0.25, -0.2) is 15.0 Å². The fraction of sp³-hybridized carbons (Fsp3) is 0. The third-order valence-corrected chi connectivity index (χ3v) is 9.79. The van der Waals surface area contributed by atoms with Gasteiger partial charge in [-0.2, -0.15) is 4.80 Å². The molecule has 0 saturated carbocycles. The topological polar surface area (TPSA) is 82.5 Å². The van der Waals surface area contributed by atoms with Crippen molar-refractivity contribution in [2.75, 3.05) is 0 Å². The number of hydrogen-bond donors (Lipinski definition) is 0. The molecule has 0 spiro atoms. The Bertz CT molecular complexity index is 3110. The standard InChI is InChI=1S/C41H19B5N6O/c42-32-33(43)35(45)38(36(46)34(32)44)52-50-27-18-17-21-15-13-20-14-16-23(19-26(20)30(21)37(27)51-52)40-47-39(22-7-2-1-3-8-22)48-41(49-40)25-10-6-12-29-31(25)24-9-4-5-11-28(24)53-29/h1-19H. The first-order valence-corrected chi connectivity index (χ1v) is 16.8. The van der Waals surface area contributed by atoms with Gasteiger partial charge in [-0.3, -0.25) is 0 Å². The van der Waals surface area contributed by atoms with Gasteiger partial charge in [0.05, 0.1) is 5.69 Å². The van der Waals surface area contributed by atoms with Crippen molar-refractivity contribution in [3.63, 3.8) is 0 Å². The minimum Gasteiger partial charge on any atom is -0.456 e. The lowest BCUT2D eigenvalue weighted by atomic mass is 9.62. The Hall–Kier alpha value is -6.41. The van der Waals surface area contributed by atoms with Gasteiger partial charge in [-0.1, -0.05) is 102 Å². The van der Waals surface area contributed by atoms with Crippen LogP contribution < -0.4 is 27.3 Å². The molecule has 7 nitrogen and oxygen atoms in total. The van der Waals surface area contributed by atoms with Gasteiger partial charge >= 0.3 is 0 Å². The van der Waals surface area contributed by atoms with Crippen LogP contribution in [0.4, 0.5) is 0 Å². The van der Waals surface area contributed by atoms with Gasteiger partial charge in [0, 0.05) is 32.8 Å². The van der Waals surface area contributed by atoms with E-state index in [9.17, 15) is 0 Å². The number of aromatic nitrogens is 6. The summed E-state index contributed by atoms with van der Waals surface area (Å²) in [5.41, 5.74) is 6.25. The summed E-state index contributed by atoms with van der Waals surface area (Å²) < 4.78 is 6.21. The van der Waals surface area contributed by atoms with Crippen LogP contribution in [0.2, 0.25) is 0 Å². The highest BCUT2D eigenvalue weighted by atomic mass is 16.3. The Kier molecular flexibility index (Phi) is 6.99. The lowest BCUT2D eigenvalue weighted by Crippen LogP contribution is -2.56. The molecule has 7 aromatic carbocycles. The minimum atomic E-state index is 0.121. The molecule has 10 radical (unpaired) electrons. The van der Waals surface area contributed by atoms with Crippen molar-refractivity contribution in [2.45, 2.75) is 0 Å². The lowest BCUT2D eigenvalue weighted by Gasteiger charge is -2.19. The molecular weight excluding hydrogens is 647 g/mol. The van der Waals surface area contributed by atoms with E-state index in [-0.39, 0.29) is 33.0 Å². The molecule has 0 aliphatic heterocycles. The molecule has 0 aliphatic rings. The average molecular weight is 666 g/mol.